The number of aromatic nitrogens is 6. The van der Waals surface area contributed by atoms with E-state index in [9.17, 15) is 32.3 Å². The van der Waals surface area contributed by atoms with Crippen LogP contribution in [0.15, 0.2) is 53.6 Å². The minimum atomic E-state index is -4.69. The van der Waals surface area contributed by atoms with Crippen molar-refractivity contribution in [1.29, 1.82) is 0 Å². The highest BCUT2D eigenvalue weighted by atomic mass is 19.4. The van der Waals surface area contributed by atoms with Crippen LogP contribution >= 0.6 is 0 Å². The third-order valence-electron chi connectivity index (χ3n) is 11.7. The Hall–Kier alpha value is -5.52. The van der Waals surface area contributed by atoms with Gasteiger partial charge >= 0.3 is 11.9 Å². The number of hydrogen-bond donors (Lipinski definition) is 2. The number of nitrogens with one attached hydrogen (secondary N) is 2. The molecule has 300 valence electrons. The van der Waals surface area contributed by atoms with E-state index in [1.165, 1.54) is 28.4 Å². The molecule has 3 fully saturated rings. The number of alkyl halides is 5. The molecule has 0 radical (unpaired) electrons. The van der Waals surface area contributed by atoms with Gasteiger partial charge in [0.2, 0.25) is 11.8 Å². The fourth-order valence-electron chi connectivity index (χ4n) is 8.85. The van der Waals surface area contributed by atoms with E-state index in [1.807, 2.05) is 15.8 Å². The van der Waals surface area contributed by atoms with Gasteiger partial charge in [0.05, 0.1) is 35.7 Å². The topological polar surface area (TPSA) is 149 Å². The highest BCUT2D eigenvalue weighted by Crippen LogP contribution is 2.45. The molecule has 13 nitrogen and oxygen atoms in total. The predicted octanol–water partition coefficient (Wildman–Crippen LogP) is 5.89. The number of amides is 3. The van der Waals surface area contributed by atoms with Crippen LogP contribution in [0.25, 0.3) is 21.9 Å². The Labute approximate surface area is 322 Å². The minimum Gasteiger partial charge on any atom is -0.305 e. The lowest BCUT2D eigenvalue weighted by Crippen LogP contribution is -2.49. The molecule has 8 rings (SSSR count). The fourth-order valence-corrected chi connectivity index (χ4v) is 8.85. The number of nitrogens with zero attached hydrogens (tertiary/aromatic N) is 7. The first-order valence-electron chi connectivity index (χ1n) is 18.9. The van der Waals surface area contributed by atoms with E-state index in [1.54, 1.807) is 25.1 Å². The summed E-state index contributed by atoms with van der Waals surface area (Å²) < 4.78 is 76.3. The van der Waals surface area contributed by atoms with Crippen LogP contribution in [0.4, 0.5) is 27.8 Å². The van der Waals surface area contributed by atoms with Crippen molar-refractivity contribution in [2.75, 3.05) is 25.0 Å². The van der Waals surface area contributed by atoms with E-state index in [-0.39, 0.29) is 37.0 Å². The highest BCUT2D eigenvalue weighted by Gasteiger charge is 2.47. The van der Waals surface area contributed by atoms with Gasteiger partial charge in [-0.1, -0.05) is 12.1 Å². The summed E-state index contributed by atoms with van der Waals surface area (Å²) in [5, 5.41) is 10.1. The number of rotatable bonds is 7. The van der Waals surface area contributed by atoms with E-state index < -0.39 is 65.4 Å². The predicted molar refractivity (Wildman–Crippen MR) is 198 cm³/mol. The molecule has 2 atom stereocenters. The number of carbonyl (C=O) groups excluding carboxylic acids is 3. The lowest BCUT2D eigenvalue weighted by molar-refractivity contribution is -0.141. The van der Waals surface area contributed by atoms with E-state index >= 15 is 8.78 Å². The Morgan fingerprint density at radius 1 is 1.04 bits per heavy atom. The van der Waals surface area contributed by atoms with Gasteiger partial charge in [0, 0.05) is 31.6 Å². The number of pyridine rings is 2. The van der Waals surface area contributed by atoms with Crippen molar-refractivity contribution in [2.45, 2.75) is 82.0 Å². The summed E-state index contributed by atoms with van der Waals surface area (Å²) >= 11 is 0. The van der Waals surface area contributed by atoms with E-state index in [0.717, 1.165) is 37.8 Å². The zero-order valence-corrected chi connectivity index (χ0v) is 31.2. The van der Waals surface area contributed by atoms with Crippen molar-refractivity contribution >= 4 is 45.5 Å². The zero-order valence-electron chi connectivity index (χ0n) is 31.2. The van der Waals surface area contributed by atoms with Crippen LogP contribution in [0.5, 0.6) is 0 Å². The molecule has 5 aromatic rings. The summed E-state index contributed by atoms with van der Waals surface area (Å²) in [6, 6.07) is 7.24. The number of piperidine rings is 2. The smallest absolute Gasteiger partial charge is 0.305 e. The second-order valence-corrected chi connectivity index (χ2v) is 15.5. The molecule has 3 amide bonds. The molecule has 1 saturated carbocycles. The van der Waals surface area contributed by atoms with Crippen molar-refractivity contribution < 1.29 is 36.3 Å². The molecule has 0 spiro atoms. The largest absolute Gasteiger partial charge is 0.433 e. The van der Waals surface area contributed by atoms with Gasteiger partial charge in [0.25, 0.3) is 11.8 Å². The maximum Gasteiger partial charge on any atom is 0.433 e. The first-order valence-corrected chi connectivity index (χ1v) is 18.9. The first-order chi connectivity index (χ1) is 27.1. The van der Waals surface area contributed by atoms with Crippen molar-refractivity contribution in [3.63, 3.8) is 0 Å². The number of carbonyl (C=O) groups is 3. The third-order valence-corrected chi connectivity index (χ3v) is 11.7. The van der Waals surface area contributed by atoms with Crippen LogP contribution in [-0.2, 0) is 22.8 Å². The molecular formula is C39H40F5N9O4. The van der Waals surface area contributed by atoms with Crippen molar-refractivity contribution in [1.82, 2.24) is 39.1 Å². The van der Waals surface area contributed by atoms with Crippen molar-refractivity contribution in [3.05, 3.63) is 81.8 Å². The van der Waals surface area contributed by atoms with Crippen LogP contribution < -0.4 is 16.3 Å². The van der Waals surface area contributed by atoms with Gasteiger partial charge in [-0.2, -0.15) is 18.3 Å². The number of anilines is 1. The number of imide groups is 1. The highest BCUT2D eigenvalue weighted by molar-refractivity contribution is 6.03. The second-order valence-electron chi connectivity index (χ2n) is 15.5. The van der Waals surface area contributed by atoms with Crippen molar-refractivity contribution in [3.8, 4) is 0 Å². The Kier molecular flexibility index (Phi) is 9.72. The molecule has 4 aromatic heterocycles. The Balaban J connectivity index is 0.901. The Bertz CT molecular complexity index is 2470. The van der Waals surface area contributed by atoms with Gasteiger partial charge in [-0.05, 0) is 93.3 Å². The average Bonchev–Trinajstić information content (AvgIpc) is 3.69. The number of fused-ring (bicyclic) bond motifs is 2. The molecule has 2 unspecified atom stereocenters. The lowest BCUT2D eigenvalue weighted by atomic mass is 9.81. The fraction of sp³-hybridized carbons (Fsp3) is 0.462. The average molecular weight is 794 g/mol. The molecule has 2 aliphatic heterocycles. The monoisotopic (exact) mass is 793 g/mol. The number of halogens is 5. The molecule has 1 aliphatic carbocycles. The molecule has 57 heavy (non-hydrogen) atoms. The van der Waals surface area contributed by atoms with Crippen LogP contribution in [0.2, 0.25) is 0 Å². The molecule has 3 aliphatic rings. The minimum absolute atomic E-state index is 0.0655. The summed E-state index contributed by atoms with van der Waals surface area (Å²) in [4.78, 5) is 60.1. The lowest BCUT2D eigenvalue weighted by Gasteiger charge is -2.41. The molecule has 2 N–H and O–H groups in total. The number of likely N-dealkylation sites (tertiary alicyclic amines) is 1. The van der Waals surface area contributed by atoms with E-state index in [4.69, 9.17) is 0 Å². The summed E-state index contributed by atoms with van der Waals surface area (Å²) in [7, 11) is 1.53. The molecule has 0 bridgehead atoms. The van der Waals surface area contributed by atoms with Crippen LogP contribution in [0.3, 0.4) is 0 Å². The van der Waals surface area contributed by atoms with Crippen LogP contribution in [0, 0.1) is 12.8 Å². The Morgan fingerprint density at radius 2 is 1.81 bits per heavy atom. The zero-order chi connectivity index (χ0) is 40.4. The number of hydrogen-bond acceptors (Lipinski definition) is 8. The number of imidazole rings is 1. The van der Waals surface area contributed by atoms with Gasteiger partial charge in [-0.3, -0.25) is 38.4 Å². The van der Waals surface area contributed by atoms with Crippen LogP contribution in [-0.4, -0.2) is 77.1 Å². The second kappa shape index (κ2) is 14.5. The maximum atomic E-state index is 16.3. The SMILES string of the molecule is Cc1ccc2c(c1C1CCN(C[C@H]3CC[C@H](n4cc5cc(NC(=O)c6cccc(C(F)(F)F)n6)ncc5n4)CC3)CC1(F)F)n(C)c(=O)n2C1CCC(=O)NC1=O. The summed E-state index contributed by atoms with van der Waals surface area (Å²) in [6.07, 6.45) is 2.22. The summed E-state index contributed by atoms with van der Waals surface area (Å²) in [5.41, 5.74) is 0.352. The molecule has 6 heterocycles. The van der Waals surface area contributed by atoms with Crippen molar-refractivity contribution in [2.24, 2.45) is 13.0 Å². The van der Waals surface area contributed by atoms with Gasteiger partial charge in [0.1, 0.15) is 28.8 Å². The van der Waals surface area contributed by atoms with Crippen LogP contribution in [0.1, 0.15) is 90.3 Å². The third kappa shape index (κ3) is 7.30. The molecular weight excluding hydrogens is 753 g/mol. The first kappa shape index (κ1) is 38.4. The summed E-state index contributed by atoms with van der Waals surface area (Å²) in [5.74, 6) is -5.70. The Morgan fingerprint density at radius 3 is 2.53 bits per heavy atom. The van der Waals surface area contributed by atoms with Gasteiger partial charge in [-0.15, -0.1) is 0 Å². The van der Waals surface area contributed by atoms with Gasteiger partial charge < -0.3 is 5.32 Å². The number of aryl methyl sites for hydroxylation is 2. The number of benzene rings is 1. The molecule has 2 saturated heterocycles. The van der Waals surface area contributed by atoms with E-state index in [0.29, 0.717) is 46.2 Å². The molecule has 1 aromatic carbocycles. The quantitative estimate of drug-likeness (QED) is 0.153. The summed E-state index contributed by atoms with van der Waals surface area (Å²) in [6.45, 7) is 2.33. The van der Waals surface area contributed by atoms with Gasteiger partial charge in [-0.25, -0.2) is 23.5 Å². The standard InChI is InChI=1S/C39H40F5N9O4/c1-21-6-11-28-34(50(2)37(57)53(28)29-12-13-32(54)48-36(29)56)33(21)25-14-15-51(20-38(25,40)41)18-22-7-9-24(10-8-22)52-19-23-16-31(45-17-27(23)49-52)47-35(55)26-4-3-5-30(46-26)39(42,43)44/h3-6,11,16-17,19,22,24-25,29H,7-10,12-15,18,20H2,1-2H3,(H,47,55)(H,48,54,56)/t22-,24-,25?,29?. The van der Waals surface area contributed by atoms with E-state index in [2.05, 4.69) is 25.7 Å². The normalized spacial score (nSPS) is 23.2. The van der Waals surface area contributed by atoms with Gasteiger partial charge in [0.15, 0.2) is 0 Å². The maximum absolute atomic E-state index is 16.3. The molecule has 18 heteroatoms.